The van der Waals surface area contributed by atoms with Crippen molar-refractivity contribution in [1.29, 1.82) is 0 Å². The summed E-state index contributed by atoms with van der Waals surface area (Å²) in [4.78, 5) is 0. The minimum Gasteiger partial charge on any atom is -1.00 e. The Morgan fingerprint density at radius 2 is 1.25 bits per heavy atom. The first-order chi connectivity index (χ1) is 1.50. The fraction of sp³-hybridized carbons (Fsp3) is 1.00. The van der Waals surface area contributed by atoms with E-state index in [4.69, 9.17) is 0 Å². The minimum absolute atomic E-state index is 0. The molecule has 1 fully saturated rings. The van der Waals surface area contributed by atoms with Crippen molar-refractivity contribution in [3.05, 3.63) is 0 Å². The molecule has 0 heterocycles. The second kappa shape index (κ2) is 2.85. The predicted octanol–water partition coefficient (Wildman–Crippen LogP) is -1.71. The van der Waals surface area contributed by atoms with Crippen LogP contribution in [0.3, 0.4) is 0 Å². The van der Waals surface area contributed by atoms with Gasteiger partial charge >= 0.3 is 51.4 Å². The second-order valence-corrected chi connectivity index (χ2v) is 1.06. The molecule has 0 amide bonds. The summed E-state index contributed by atoms with van der Waals surface area (Å²) in [5.74, 6) is 0. The summed E-state index contributed by atoms with van der Waals surface area (Å²) in [7, 11) is 0. The SMILES string of the molecule is C1CC1.[H-].[K+]. The van der Waals surface area contributed by atoms with Crippen LogP contribution in [0.2, 0.25) is 0 Å². The van der Waals surface area contributed by atoms with Gasteiger partial charge in [-0.25, -0.2) is 0 Å². The molecule has 0 nitrogen and oxygen atoms in total. The molecule has 0 radical (unpaired) electrons. The van der Waals surface area contributed by atoms with Crippen LogP contribution in [0.25, 0.3) is 0 Å². The molecule has 0 atom stereocenters. The first-order valence-electron chi connectivity index (χ1n) is 1.50. The van der Waals surface area contributed by atoms with Gasteiger partial charge in [0.25, 0.3) is 0 Å². The third kappa shape index (κ3) is 3.64. The zero-order valence-electron chi connectivity index (χ0n) is 4.12. The molecule has 0 aromatic heterocycles. The fourth-order valence-corrected chi connectivity index (χ4v) is 0. The van der Waals surface area contributed by atoms with Gasteiger partial charge in [0.05, 0.1) is 0 Å². The molecule has 0 aromatic carbocycles. The summed E-state index contributed by atoms with van der Waals surface area (Å²) in [6.07, 6.45) is 4.50. The molecule has 0 spiro atoms. The van der Waals surface area contributed by atoms with E-state index in [1.165, 1.54) is 19.3 Å². The quantitative estimate of drug-likeness (QED) is 0.305. The third-order valence-electron chi connectivity index (χ3n) is 0.354. The first-order valence-corrected chi connectivity index (χ1v) is 1.50. The smallest absolute Gasteiger partial charge is 1.00 e. The van der Waals surface area contributed by atoms with Crippen molar-refractivity contribution < 1.29 is 52.8 Å². The van der Waals surface area contributed by atoms with Crippen LogP contribution in [0.15, 0.2) is 0 Å². The molecule has 20 valence electrons. The third-order valence-corrected chi connectivity index (χ3v) is 0.354. The average Bonchev–Trinajstić information content (AvgIpc) is 1.46. The number of rotatable bonds is 0. The van der Waals surface area contributed by atoms with Crippen molar-refractivity contribution in [2.45, 2.75) is 19.3 Å². The average molecular weight is 82.2 g/mol. The van der Waals surface area contributed by atoms with Crippen LogP contribution in [0.1, 0.15) is 20.7 Å². The summed E-state index contributed by atoms with van der Waals surface area (Å²) < 4.78 is 0. The molecular formula is C3H7K. The Labute approximate surface area is 70.9 Å². The molecule has 1 rings (SSSR count). The van der Waals surface area contributed by atoms with Gasteiger partial charge in [0.1, 0.15) is 0 Å². The normalized spacial score (nSPS) is 18.0. The summed E-state index contributed by atoms with van der Waals surface area (Å²) >= 11 is 0. The van der Waals surface area contributed by atoms with Crippen molar-refractivity contribution in [2.75, 3.05) is 0 Å². The first kappa shape index (κ1) is 5.64. The van der Waals surface area contributed by atoms with Crippen molar-refractivity contribution >= 4 is 0 Å². The molecule has 0 unspecified atom stereocenters. The molecule has 1 saturated carbocycles. The molecule has 0 aliphatic heterocycles. The van der Waals surface area contributed by atoms with E-state index in [9.17, 15) is 0 Å². The molecule has 0 aromatic rings. The maximum atomic E-state index is 1.50. The maximum Gasteiger partial charge on any atom is 1.00 e. The molecule has 1 heteroatoms. The zero-order chi connectivity index (χ0) is 2.12. The molecule has 1 aliphatic carbocycles. The van der Waals surface area contributed by atoms with Gasteiger partial charge in [0, 0.05) is 0 Å². The Morgan fingerprint density at radius 1 is 1.00 bits per heavy atom. The van der Waals surface area contributed by atoms with Crippen molar-refractivity contribution in [3.8, 4) is 0 Å². The largest absolute Gasteiger partial charge is 1.00 e. The molecular weight excluding hydrogens is 75.1 g/mol. The summed E-state index contributed by atoms with van der Waals surface area (Å²) in [6.45, 7) is 0. The Kier molecular flexibility index (Phi) is 4.02. The van der Waals surface area contributed by atoms with E-state index < -0.39 is 0 Å². The van der Waals surface area contributed by atoms with E-state index in [1.807, 2.05) is 0 Å². The molecule has 4 heavy (non-hydrogen) atoms. The summed E-state index contributed by atoms with van der Waals surface area (Å²) in [5, 5.41) is 0. The summed E-state index contributed by atoms with van der Waals surface area (Å²) in [6, 6.07) is 0. The van der Waals surface area contributed by atoms with Crippen molar-refractivity contribution in [2.24, 2.45) is 0 Å². The Balaban J connectivity index is 0. The van der Waals surface area contributed by atoms with Crippen LogP contribution in [-0.4, -0.2) is 0 Å². The Hall–Kier alpha value is 1.64. The van der Waals surface area contributed by atoms with E-state index in [0.717, 1.165) is 0 Å². The van der Waals surface area contributed by atoms with Crippen molar-refractivity contribution in [3.63, 3.8) is 0 Å². The van der Waals surface area contributed by atoms with Gasteiger partial charge in [0.2, 0.25) is 0 Å². The van der Waals surface area contributed by atoms with E-state index in [1.54, 1.807) is 0 Å². The zero-order valence-corrected chi connectivity index (χ0v) is 6.24. The van der Waals surface area contributed by atoms with Gasteiger partial charge in [-0.05, 0) is 0 Å². The van der Waals surface area contributed by atoms with Gasteiger partial charge in [-0.15, -0.1) is 0 Å². The summed E-state index contributed by atoms with van der Waals surface area (Å²) in [5.41, 5.74) is 0. The van der Waals surface area contributed by atoms with Crippen LogP contribution < -0.4 is 51.4 Å². The standard InChI is InChI=1S/C3H6.K.H/c1-2-3-1;;/h1-3H2;;/q;+1;-1. The fourth-order valence-electron chi connectivity index (χ4n) is 0. The Bertz CT molecular complexity index is 11.6. The van der Waals surface area contributed by atoms with Crippen LogP contribution in [0.5, 0.6) is 0 Å². The minimum atomic E-state index is 0. The van der Waals surface area contributed by atoms with Gasteiger partial charge in [-0.2, -0.15) is 0 Å². The second-order valence-electron chi connectivity index (χ2n) is 1.06. The monoisotopic (exact) mass is 82.0 g/mol. The van der Waals surface area contributed by atoms with Gasteiger partial charge in [-0.1, -0.05) is 19.3 Å². The van der Waals surface area contributed by atoms with Crippen LogP contribution in [-0.2, 0) is 0 Å². The van der Waals surface area contributed by atoms with E-state index in [2.05, 4.69) is 0 Å². The van der Waals surface area contributed by atoms with E-state index in [-0.39, 0.29) is 52.8 Å². The topological polar surface area (TPSA) is 0 Å². The van der Waals surface area contributed by atoms with E-state index >= 15 is 0 Å². The van der Waals surface area contributed by atoms with Crippen LogP contribution in [0.4, 0.5) is 0 Å². The predicted molar refractivity (Wildman–Crippen MR) is 15.0 cm³/mol. The van der Waals surface area contributed by atoms with E-state index in [0.29, 0.717) is 0 Å². The number of hydrogen-bond acceptors (Lipinski definition) is 0. The van der Waals surface area contributed by atoms with Gasteiger partial charge in [0.15, 0.2) is 0 Å². The van der Waals surface area contributed by atoms with Gasteiger partial charge < -0.3 is 1.43 Å². The number of hydrogen-bond donors (Lipinski definition) is 0. The Morgan fingerprint density at radius 3 is 1.25 bits per heavy atom. The van der Waals surface area contributed by atoms with Crippen LogP contribution >= 0.6 is 0 Å². The van der Waals surface area contributed by atoms with Gasteiger partial charge in [-0.3, -0.25) is 0 Å². The molecule has 0 saturated heterocycles. The maximum absolute atomic E-state index is 1.50. The molecule has 0 bridgehead atoms. The van der Waals surface area contributed by atoms with Crippen LogP contribution in [0, 0.1) is 0 Å². The van der Waals surface area contributed by atoms with Crippen molar-refractivity contribution in [1.82, 2.24) is 0 Å². The molecule has 0 N–H and O–H groups in total. The molecule has 1 aliphatic rings.